The number of benzene rings is 2. The van der Waals surface area contributed by atoms with Crippen LogP contribution in [0.2, 0.25) is 5.02 Å². The van der Waals surface area contributed by atoms with Crippen molar-refractivity contribution in [3.8, 4) is 0 Å². The minimum Gasteiger partial charge on any atom is -0.353 e. The maximum Gasteiger partial charge on any atom is 0.265 e. The lowest BCUT2D eigenvalue weighted by Crippen LogP contribution is -2.49. The van der Waals surface area contributed by atoms with Gasteiger partial charge in [-0.2, -0.15) is 14.6 Å². The van der Waals surface area contributed by atoms with E-state index in [2.05, 4.69) is 44.2 Å². The average molecular weight is 503 g/mol. The van der Waals surface area contributed by atoms with Crippen LogP contribution in [0.4, 0.5) is 5.82 Å². The number of carbonyl (C=O) groups is 1. The Labute approximate surface area is 211 Å². The van der Waals surface area contributed by atoms with Gasteiger partial charge in [0, 0.05) is 53.9 Å². The standard InChI is InChI=1S/C26H23ClN6OS/c1-17-20(15-18-7-3-2-4-8-18)24(33-26(30-17)28-16-29-33)31-11-13-32(14-12-31)25(34)23-22(27)19-9-5-6-10-21(19)35-23/h2-10,16H,11-15H2,1H3. The van der Waals surface area contributed by atoms with E-state index in [-0.39, 0.29) is 5.91 Å². The molecule has 0 unspecified atom stereocenters. The summed E-state index contributed by atoms with van der Waals surface area (Å²) < 4.78 is 2.86. The third kappa shape index (κ3) is 3.92. The third-order valence-corrected chi connectivity index (χ3v) is 8.19. The van der Waals surface area contributed by atoms with Crippen molar-refractivity contribution in [2.45, 2.75) is 13.3 Å². The Morgan fingerprint density at radius 2 is 1.77 bits per heavy atom. The highest BCUT2D eigenvalue weighted by atomic mass is 35.5. The maximum absolute atomic E-state index is 13.4. The Balaban J connectivity index is 1.29. The second kappa shape index (κ2) is 8.94. The van der Waals surface area contributed by atoms with Crippen LogP contribution in [0.25, 0.3) is 15.9 Å². The van der Waals surface area contributed by atoms with E-state index >= 15 is 0 Å². The quantitative estimate of drug-likeness (QED) is 0.351. The second-order valence-electron chi connectivity index (χ2n) is 8.65. The Kier molecular flexibility index (Phi) is 5.62. The lowest BCUT2D eigenvalue weighted by Gasteiger charge is -2.37. The molecule has 2 aromatic carbocycles. The van der Waals surface area contributed by atoms with E-state index < -0.39 is 0 Å². The zero-order chi connectivity index (χ0) is 23.9. The lowest BCUT2D eigenvalue weighted by atomic mass is 10.0. The molecule has 6 rings (SSSR count). The van der Waals surface area contributed by atoms with Crippen molar-refractivity contribution in [3.05, 3.63) is 87.6 Å². The Hall–Kier alpha value is -3.49. The molecular formula is C26H23ClN6OS. The van der Waals surface area contributed by atoms with Crippen LogP contribution in [0.15, 0.2) is 60.9 Å². The number of halogens is 1. The zero-order valence-electron chi connectivity index (χ0n) is 19.2. The fraction of sp³-hybridized carbons (Fsp3) is 0.231. The molecule has 176 valence electrons. The van der Waals surface area contributed by atoms with Gasteiger partial charge in [0.25, 0.3) is 11.7 Å². The number of fused-ring (bicyclic) bond motifs is 2. The van der Waals surface area contributed by atoms with E-state index in [0.717, 1.165) is 33.6 Å². The fourth-order valence-electron chi connectivity index (χ4n) is 4.72. The Morgan fingerprint density at radius 3 is 2.54 bits per heavy atom. The van der Waals surface area contributed by atoms with Crippen LogP contribution in [0.3, 0.4) is 0 Å². The summed E-state index contributed by atoms with van der Waals surface area (Å²) in [6, 6.07) is 18.3. The highest BCUT2D eigenvalue weighted by molar-refractivity contribution is 7.21. The molecule has 0 N–H and O–H groups in total. The highest BCUT2D eigenvalue weighted by Crippen LogP contribution is 2.36. The minimum absolute atomic E-state index is 0.00262. The van der Waals surface area contributed by atoms with Gasteiger partial charge >= 0.3 is 0 Å². The monoisotopic (exact) mass is 502 g/mol. The molecule has 0 radical (unpaired) electrons. The van der Waals surface area contributed by atoms with Crippen LogP contribution in [0.1, 0.15) is 26.5 Å². The number of hydrogen-bond acceptors (Lipinski definition) is 6. The van der Waals surface area contributed by atoms with Gasteiger partial charge in [0.15, 0.2) is 0 Å². The summed E-state index contributed by atoms with van der Waals surface area (Å²) in [7, 11) is 0. The molecule has 1 saturated heterocycles. The first kappa shape index (κ1) is 22.0. The van der Waals surface area contributed by atoms with Gasteiger partial charge in [0.05, 0.1) is 5.02 Å². The normalized spacial score (nSPS) is 14.2. The highest BCUT2D eigenvalue weighted by Gasteiger charge is 2.29. The molecule has 1 fully saturated rings. The van der Waals surface area contributed by atoms with E-state index in [9.17, 15) is 4.79 Å². The number of aromatic nitrogens is 4. The maximum atomic E-state index is 13.4. The zero-order valence-corrected chi connectivity index (χ0v) is 20.8. The van der Waals surface area contributed by atoms with Crippen LogP contribution in [-0.2, 0) is 6.42 Å². The topological polar surface area (TPSA) is 66.6 Å². The van der Waals surface area contributed by atoms with Crippen molar-refractivity contribution in [1.29, 1.82) is 0 Å². The van der Waals surface area contributed by atoms with Gasteiger partial charge in [-0.1, -0.05) is 60.1 Å². The van der Waals surface area contributed by atoms with E-state index in [4.69, 9.17) is 11.6 Å². The van der Waals surface area contributed by atoms with Crippen molar-refractivity contribution in [1.82, 2.24) is 24.5 Å². The van der Waals surface area contributed by atoms with Gasteiger partial charge < -0.3 is 9.80 Å². The number of hydrogen-bond donors (Lipinski definition) is 0. The van der Waals surface area contributed by atoms with Gasteiger partial charge in [-0.3, -0.25) is 4.79 Å². The summed E-state index contributed by atoms with van der Waals surface area (Å²) in [4.78, 5) is 27.2. The van der Waals surface area contributed by atoms with Crippen LogP contribution in [0.5, 0.6) is 0 Å². The van der Waals surface area contributed by atoms with Crippen molar-refractivity contribution in [2.75, 3.05) is 31.1 Å². The van der Waals surface area contributed by atoms with Crippen LogP contribution in [0, 0.1) is 6.92 Å². The summed E-state index contributed by atoms with van der Waals surface area (Å²) in [5.74, 6) is 1.59. The molecule has 1 amide bonds. The molecule has 35 heavy (non-hydrogen) atoms. The van der Waals surface area contributed by atoms with E-state index in [1.165, 1.54) is 16.9 Å². The summed E-state index contributed by atoms with van der Waals surface area (Å²) in [6.45, 7) is 4.61. The molecule has 1 aliphatic heterocycles. The van der Waals surface area contributed by atoms with Gasteiger partial charge in [-0.25, -0.2) is 4.98 Å². The number of aryl methyl sites for hydroxylation is 1. The largest absolute Gasteiger partial charge is 0.353 e. The summed E-state index contributed by atoms with van der Waals surface area (Å²) in [5.41, 5.74) is 3.28. The number of amides is 1. The number of rotatable bonds is 4. The first-order valence-corrected chi connectivity index (χ1v) is 12.7. The summed E-state index contributed by atoms with van der Waals surface area (Å²) >= 11 is 8.05. The molecule has 0 spiro atoms. The Morgan fingerprint density at radius 1 is 1.03 bits per heavy atom. The number of piperazine rings is 1. The SMILES string of the molecule is Cc1nc2ncnn2c(N2CCN(C(=O)c3sc4ccccc4c3Cl)CC2)c1Cc1ccccc1. The van der Waals surface area contributed by atoms with Crippen LogP contribution >= 0.6 is 22.9 Å². The number of thiophene rings is 1. The molecule has 0 aliphatic carbocycles. The summed E-state index contributed by atoms with van der Waals surface area (Å²) in [6.07, 6.45) is 2.29. The smallest absolute Gasteiger partial charge is 0.265 e. The average Bonchev–Trinajstić information content (AvgIpc) is 3.49. The fourth-order valence-corrected chi connectivity index (χ4v) is 6.20. The van der Waals surface area contributed by atoms with Crippen molar-refractivity contribution in [3.63, 3.8) is 0 Å². The van der Waals surface area contributed by atoms with Crippen molar-refractivity contribution < 1.29 is 4.79 Å². The predicted molar refractivity (Wildman–Crippen MR) is 140 cm³/mol. The van der Waals surface area contributed by atoms with Gasteiger partial charge in [0.2, 0.25) is 0 Å². The minimum atomic E-state index is -0.00262. The molecular weight excluding hydrogens is 480 g/mol. The first-order chi connectivity index (χ1) is 17.1. The first-order valence-electron chi connectivity index (χ1n) is 11.5. The molecule has 0 bridgehead atoms. The van der Waals surface area contributed by atoms with Crippen molar-refractivity contribution in [2.24, 2.45) is 0 Å². The number of anilines is 1. The van der Waals surface area contributed by atoms with E-state index in [0.29, 0.717) is 41.9 Å². The molecule has 0 atom stereocenters. The van der Waals surface area contributed by atoms with Crippen LogP contribution in [-0.4, -0.2) is 56.6 Å². The van der Waals surface area contributed by atoms with Crippen LogP contribution < -0.4 is 4.90 Å². The molecule has 3 aromatic heterocycles. The molecule has 4 heterocycles. The number of carbonyl (C=O) groups excluding carboxylic acids is 1. The molecule has 9 heteroatoms. The molecule has 7 nitrogen and oxygen atoms in total. The van der Waals surface area contributed by atoms with Gasteiger partial charge in [-0.15, -0.1) is 11.3 Å². The lowest BCUT2D eigenvalue weighted by molar-refractivity contribution is 0.0751. The summed E-state index contributed by atoms with van der Waals surface area (Å²) in [5, 5.41) is 5.97. The number of nitrogens with zero attached hydrogens (tertiary/aromatic N) is 6. The van der Waals surface area contributed by atoms with E-state index in [1.807, 2.05) is 46.7 Å². The van der Waals surface area contributed by atoms with Gasteiger partial charge in [-0.05, 0) is 18.6 Å². The van der Waals surface area contributed by atoms with Gasteiger partial charge in [0.1, 0.15) is 17.0 Å². The third-order valence-electron chi connectivity index (χ3n) is 6.52. The Bertz CT molecular complexity index is 1540. The molecule has 5 aromatic rings. The second-order valence-corrected chi connectivity index (χ2v) is 10.1. The molecule has 1 aliphatic rings. The molecule has 0 saturated carbocycles. The van der Waals surface area contributed by atoms with E-state index in [1.54, 1.807) is 6.33 Å². The predicted octanol–water partition coefficient (Wildman–Crippen LogP) is 4.85. The van der Waals surface area contributed by atoms with Crippen molar-refractivity contribution >= 4 is 50.5 Å².